The Labute approximate surface area is 98.3 Å². The van der Waals surface area contributed by atoms with Crippen molar-refractivity contribution >= 4 is 0 Å². The Bertz CT molecular complexity index is 253. The molecule has 2 N–H and O–H groups in total. The first-order chi connectivity index (χ1) is 7.37. The average molecular weight is 222 g/mol. The Hall–Kier alpha value is -1.12. The van der Waals surface area contributed by atoms with Crippen LogP contribution in [0.4, 0.5) is 0 Å². The highest BCUT2D eigenvalue weighted by Gasteiger charge is 2.36. The summed E-state index contributed by atoms with van der Waals surface area (Å²) in [5.74, 6) is 0. The molecule has 90 valence electrons. The standard InChI is InChI=1S/C14H22O2/c1-5-7-9-11-13(3,15)14(4,16)12-10-8-6-2/h5-6,9-12,15-16H,1-2,7-8H2,3-4H3. The molecule has 0 aliphatic heterocycles. The summed E-state index contributed by atoms with van der Waals surface area (Å²) in [6.45, 7) is 10.3. The maximum Gasteiger partial charge on any atom is 0.112 e. The topological polar surface area (TPSA) is 40.5 Å². The second-order valence-electron chi connectivity index (χ2n) is 4.15. The van der Waals surface area contributed by atoms with Crippen LogP contribution in [0.2, 0.25) is 0 Å². The molecule has 2 heteroatoms. The second-order valence-corrected chi connectivity index (χ2v) is 4.15. The molecule has 0 spiro atoms. The van der Waals surface area contributed by atoms with Crippen molar-refractivity contribution in [2.45, 2.75) is 37.9 Å². The van der Waals surface area contributed by atoms with Crippen molar-refractivity contribution in [1.29, 1.82) is 0 Å². The van der Waals surface area contributed by atoms with Crippen molar-refractivity contribution in [1.82, 2.24) is 0 Å². The molecule has 0 saturated carbocycles. The Morgan fingerprint density at radius 1 is 0.875 bits per heavy atom. The predicted octanol–water partition coefficient (Wildman–Crippen LogP) is 2.75. The van der Waals surface area contributed by atoms with Crippen LogP contribution in [0.1, 0.15) is 26.7 Å². The Morgan fingerprint density at radius 3 is 1.44 bits per heavy atom. The lowest BCUT2D eigenvalue weighted by Crippen LogP contribution is -2.46. The van der Waals surface area contributed by atoms with Gasteiger partial charge < -0.3 is 10.2 Å². The SMILES string of the molecule is C=CCC=CC(C)(O)C(C)(O)C=CCC=C. The largest absolute Gasteiger partial charge is 0.383 e. The van der Waals surface area contributed by atoms with E-state index in [4.69, 9.17) is 0 Å². The minimum Gasteiger partial charge on any atom is -0.383 e. The zero-order chi connectivity index (χ0) is 12.7. The van der Waals surface area contributed by atoms with Gasteiger partial charge in [0.05, 0.1) is 0 Å². The smallest absolute Gasteiger partial charge is 0.112 e. The molecule has 2 unspecified atom stereocenters. The second kappa shape index (κ2) is 6.46. The highest BCUT2D eigenvalue weighted by Crippen LogP contribution is 2.25. The molecule has 0 fully saturated rings. The molecule has 16 heavy (non-hydrogen) atoms. The van der Waals surface area contributed by atoms with E-state index in [1.807, 2.05) is 0 Å². The molecular weight excluding hydrogens is 200 g/mol. The minimum atomic E-state index is -1.30. The molecular formula is C14H22O2. The summed E-state index contributed by atoms with van der Waals surface area (Å²) in [7, 11) is 0. The van der Waals surface area contributed by atoms with E-state index in [1.54, 1.807) is 50.3 Å². The van der Waals surface area contributed by atoms with Gasteiger partial charge in [0.15, 0.2) is 0 Å². The maximum atomic E-state index is 10.1. The number of rotatable bonds is 7. The van der Waals surface area contributed by atoms with E-state index in [2.05, 4.69) is 13.2 Å². The van der Waals surface area contributed by atoms with Gasteiger partial charge in [-0.15, -0.1) is 13.2 Å². The van der Waals surface area contributed by atoms with E-state index in [0.717, 1.165) is 0 Å². The van der Waals surface area contributed by atoms with E-state index < -0.39 is 11.2 Å². The Balaban J connectivity index is 4.68. The van der Waals surface area contributed by atoms with Gasteiger partial charge in [0.1, 0.15) is 11.2 Å². The zero-order valence-corrected chi connectivity index (χ0v) is 10.2. The third kappa shape index (κ3) is 4.60. The van der Waals surface area contributed by atoms with Crippen LogP contribution in [-0.2, 0) is 0 Å². The van der Waals surface area contributed by atoms with Gasteiger partial charge in [-0.25, -0.2) is 0 Å². The number of hydrogen-bond donors (Lipinski definition) is 2. The molecule has 0 saturated heterocycles. The molecule has 0 aromatic carbocycles. The third-order valence-corrected chi connectivity index (χ3v) is 2.51. The van der Waals surface area contributed by atoms with Gasteiger partial charge in [0.25, 0.3) is 0 Å². The van der Waals surface area contributed by atoms with Crippen LogP contribution >= 0.6 is 0 Å². The molecule has 2 nitrogen and oxygen atoms in total. The third-order valence-electron chi connectivity index (χ3n) is 2.51. The summed E-state index contributed by atoms with van der Waals surface area (Å²) < 4.78 is 0. The first kappa shape index (κ1) is 14.9. The first-order valence-corrected chi connectivity index (χ1v) is 5.39. The number of aliphatic hydroxyl groups is 2. The van der Waals surface area contributed by atoms with Crippen molar-refractivity contribution in [2.75, 3.05) is 0 Å². The molecule has 0 aromatic rings. The van der Waals surface area contributed by atoms with Crippen LogP contribution in [0.25, 0.3) is 0 Å². The van der Waals surface area contributed by atoms with Crippen molar-refractivity contribution in [3.63, 3.8) is 0 Å². The fourth-order valence-electron chi connectivity index (χ4n) is 1.12. The van der Waals surface area contributed by atoms with Crippen molar-refractivity contribution < 1.29 is 10.2 Å². The molecule has 0 aliphatic carbocycles. The maximum absolute atomic E-state index is 10.1. The lowest BCUT2D eigenvalue weighted by Gasteiger charge is -2.33. The number of hydrogen-bond acceptors (Lipinski definition) is 2. The van der Waals surface area contributed by atoms with Crippen molar-refractivity contribution in [2.24, 2.45) is 0 Å². The van der Waals surface area contributed by atoms with Gasteiger partial charge in [-0.1, -0.05) is 36.5 Å². The van der Waals surface area contributed by atoms with Gasteiger partial charge in [-0.2, -0.15) is 0 Å². The van der Waals surface area contributed by atoms with Crippen LogP contribution in [0.15, 0.2) is 49.6 Å². The van der Waals surface area contributed by atoms with Gasteiger partial charge in [0, 0.05) is 0 Å². The van der Waals surface area contributed by atoms with E-state index in [-0.39, 0.29) is 0 Å². The quantitative estimate of drug-likeness (QED) is 0.650. The molecule has 0 bridgehead atoms. The molecule has 0 aliphatic rings. The summed E-state index contributed by atoms with van der Waals surface area (Å²) in [6.07, 6.45) is 11.5. The first-order valence-electron chi connectivity index (χ1n) is 5.39. The molecule has 0 rings (SSSR count). The summed E-state index contributed by atoms with van der Waals surface area (Å²) in [5, 5.41) is 20.2. The van der Waals surface area contributed by atoms with Gasteiger partial charge in [-0.3, -0.25) is 0 Å². The van der Waals surface area contributed by atoms with Crippen LogP contribution in [0, 0.1) is 0 Å². The fourth-order valence-corrected chi connectivity index (χ4v) is 1.12. The van der Waals surface area contributed by atoms with E-state index in [1.165, 1.54) is 0 Å². The normalized spacial score (nSPS) is 19.5. The summed E-state index contributed by atoms with van der Waals surface area (Å²) >= 11 is 0. The average Bonchev–Trinajstić information content (AvgIpc) is 2.18. The summed E-state index contributed by atoms with van der Waals surface area (Å²) in [6, 6.07) is 0. The molecule has 0 heterocycles. The van der Waals surface area contributed by atoms with Crippen LogP contribution in [-0.4, -0.2) is 21.4 Å². The summed E-state index contributed by atoms with van der Waals surface area (Å²) in [4.78, 5) is 0. The highest BCUT2D eigenvalue weighted by atomic mass is 16.3. The van der Waals surface area contributed by atoms with Gasteiger partial charge in [-0.05, 0) is 26.7 Å². The molecule has 0 aromatic heterocycles. The molecule has 0 radical (unpaired) electrons. The fraction of sp³-hybridized carbons (Fsp3) is 0.429. The van der Waals surface area contributed by atoms with Crippen LogP contribution in [0.3, 0.4) is 0 Å². The molecule has 2 atom stereocenters. The monoisotopic (exact) mass is 222 g/mol. The zero-order valence-electron chi connectivity index (χ0n) is 10.2. The summed E-state index contributed by atoms with van der Waals surface area (Å²) in [5.41, 5.74) is -2.60. The lowest BCUT2D eigenvalue weighted by atomic mass is 9.85. The van der Waals surface area contributed by atoms with Crippen LogP contribution in [0.5, 0.6) is 0 Å². The minimum absolute atomic E-state index is 0.669. The molecule has 0 amide bonds. The van der Waals surface area contributed by atoms with Gasteiger partial charge >= 0.3 is 0 Å². The van der Waals surface area contributed by atoms with Crippen molar-refractivity contribution in [3.8, 4) is 0 Å². The van der Waals surface area contributed by atoms with E-state index >= 15 is 0 Å². The highest BCUT2D eigenvalue weighted by molar-refractivity contribution is 5.17. The van der Waals surface area contributed by atoms with Crippen molar-refractivity contribution in [3.05, 3.63) is 49.6 Å². The predicted molar refractivity (Wildman–Crippen MR) is 69.2 cm³/mol. The number of allylic oxidation sites excluding steroid dienone is 4. The van der Waals surface area contributed by atoms with Gasteiger partial charge in [0.2, 0.25) is 0 Å². The van der Waals surface area contributed by atoms with E-state index in [0.29, 0.717) is 12.8 Å². The Morgan fingerprint density at radius 2 is 1.19 bits per heavy atom. The van der Waals surface area contributed by atoms with Crippen LogP contribution < -0.4 is 0 Å². The lowest BCUT2D eigenvalue weighted by molar-refractivity contribution is -0.0685. The van der Waals surface area contributed by atoms with E-state index in [9.17, 15) is 10.2 Å². The Kier molecular flexibility index (Phi) is 6.01.